The van der Waals surface area contributed by atoms with Gasteiger partial charge >= 0.3 is 5.97 Å². The van der Waals surface area contributed by atoms with Gasteiger partial charge in [0.2, 0.25) is 5.91 Å². The first-order chi connectivity index (χ1) is 10.3. The highest BCUT2D eigenvalue weighted by atomic mass is 16.5. The van der Waals surface area contributed by atoms with Crippen LogP contribution in [0.25, 0.3) is 0 Å². The fraction of sp³-hybridized carbons (Fsp3) is 0.875. The number of carboxylic acid groups (broad SMARTS) is 1. The molecule has 0 unspecified atom stereocenters. The van der Waals surface area contributed by atoms with Gasteiger partial charge in [-0.05, 0) is 25.3 Å². The number of amides is 1. The fourth-order valence-corrected chi connectivity index (χ4v) is 3.01. The van der Waals surface area contributed by atoms with Crippen molar-refractivity contribution in [1.82, 2.24) is 9.80 Å². The van der Waals surface area contributed by atoms with Crippen molar-refractivity contribution >= 4 is 11.9 Å². The Hall–Kier alpha value is -1.14. The number of carbonyl (C=O) groups excluding carboxylic acids is 1. The molecule has 0 radical (unpaired) electrons. The van der Waals surface area contributed by atoms with Crippen LogP contribution in [-0.2, 0) is 14.3 Å². The molecule has 0 saturated carbocycles. The van der Waals surface area contributed by atoms with Gasteiger partial charge in [0.15, 0.2) is 0 Å². The molecule has 1 aliphatic heterocycles. The van der Waals surface area contributed by atoms with E-state index in [0.717, 1.165) is 6.42 Å². The summed E-state index contributed by atoms with van der Waals surface area (Å²) in [5.74, 6) is 0.324. The summed E-state index contributed by atoms with van der Waals surface area (Å²) in [4.78, 5) is 26.6. The number of ether oxygens (including phenoxy) is 1. The Labute approximate surface area is 133 Å². The van der Waals surface area contributed by atoms with E-state index < -0.39 is 5.97 Å². The maximum Gasteiger partial charge on any atom is 0.317 e. The van der Waals surface area contributed by atoms with Crippen LogP contribution in [-0.4, -0.2) is 72.7 Å². The number of carboxylic acids is 1. The van der Waals surface area contributed by atoms with Crippen LogP contribution in [0.2, 0.25) is 0 Å². The molecule has 1 aliphatic rings. The van der Waals surface area contributed by atoms with E-state index in [4.69, 9.17) is 9.84 Å². The average molecular weight is 314 g/mol. The van der Waals surface area contributed by atoms with Crippen molar-refractivity contribution in [2.45, 2.75) is 39.7 Å². The number of hydrogen-bond donors (Lipinski definition) is 1. The third-order valence-electron chi connectivity index (χ3n) is 3.81. The maximum atomic E-state index is 12.4. The van der Waals surface area contributed by atoms with Gasteiger partial charge in [-0.2, -0.15) is 0 Å². The Morgan fingerprint density at radius 3 is 2.64 bits per heavy atom. The first-order valence-electron chi connectivity index (χ1n) is 8.07. The van der Waals surface area contributed by atoms with Crippen molar-refractivity contribution in [2.24, 2.45) is 11.8 Å². The Morgan fingerprint density at radius 2 is 2.05 bits per heavy atom. The van der Waals surface area contributed by atoms with Gasteiger partial charge in [0, 0.05) is 26.1 Å². The number of hydrogen-bond acceptors (Lipinski definition) is 4. The Kier molecular flexibility index (Phi) is 7.82. The zero-order valence-corrected chi connectivity index (χ0v) is 14.2. The summed E-state index contributed by atoms with van der Waals surface area (Å²) in [6, 6.07) is 0. The molecule has 6 nitrogen and oxygen atoms in total. The van der Waals surface area contributed by atoms with E-state index in [1.165, 1.54) is 0 Å². The topological polar surface area (TPSA) is 70.1 Å². The maximum absolute atomic E-state index is 12.4. The zero-order valence-electron chi connectivity index (χ0n) is 14.2. The van der Waals surface area contributed by atoms with Gasteiger partial charge in [0.25, 0.3) is 0 Å². The van der Waals surface area contributed by atoms with Gasteiger partial charge < -0.3 is 14.7 Å². The smallest absolute Gasteiger partial charge is 0.317 e. The standard InChI is InChI=1S/C16H30N2O4/c1-12(2)7-13(3)8-15(19)18-5-6-22-14(10-18)9-17(4)11-16(20)21/h12-14H,5-11H2,1-4H3,(H,20,21)/t13-,14+/m1/s1. The van der Waals surface area contributed by atoms with Crippen LogP contribution in [0.5, 0.6) is 0 Å². The van der Waals surface area contributed by atoms with E-state index in [9.17, 15) is 9.59 Å². The second kappa shape index (κ2) is 9.10. The number of nitrogens with zero attached hydrogens (tertiary/aromatic N) is 2. The molecular formula is C16H30N2O4. The van der Waals surface area contributed by atoms with E-state index in [0.29, 0.717) is 44.5 Å². The number of morpholine rings is 1. The molecule has 1 heterocycles. The highest BCUT2D eigenvalue weighted by Crippen LogP contribution is 2.17. The van der Waals surface area contributed by atoms with Crippen LogP contribution in [0.1, 0.15) is 33.6 Å². The van der Waals surface area contributed by atoms with Gasteiger partial charge in [-0.15, -0.1) is 0 Å². The molecule has 1 amide bonds. The molecule has 1 fully saturated rings. The monoisotopic (exact) mass is 314 g/mol. The van der Waals surface area contributed by atoms with Crippen LogP contribution in [0.15, 0.2) is 0 Å². The lowest BCUT2D eigenvalue weighted by atomic mass is 9.95. The van der Waals surface area contributed by atoms with Gasteiger partial charge in [0.1, 0.15) is 0 Å². The van der Waals surface area contributed by atoms with Crippen molar-refractivity contribution in [3.63, 3.8) is 0 Å². The molecular weight excluding hydrogens is 284 g/mol. The van der Waals surface area contributed by atoms with Crippen LogP contribution < -0.4 is 0 Å². The zero-order chi connectivity index (χ0) is 16.7. The normalized spacial score (nSPS) is 20.5. The summed E-state index contributed by atoms with van der Waals surface area (Å²) in [6.07, 6.45) is 1.53. The summed E-state index contributed by atoms with van der Waals surface area (Å²) < 4.78 is 5.65. The Morgan fingerprint density at radius 1 is 1.36 bits per heavy atom. The Balaban J connectivity index is 2.41. The largest absolute Gasteiger partial charge is 0.480 e. The fourth-order valence-electron chi connectivity index (χ4n) is 3.01. The van der Waals surface area contributed by atoms with Crippen molar-refractivity contribution in [3.8, 4) is 0 Å². The highest BCUT2D eigenvalue weighted by Gasteiger charge is 2.26. The predicted octanol–water partition coefficient (Wildman–Crippen LogP) is 1.30. The second-order valence-corrected chi connectivity index (χ2v) is 6.86. The lowest BCUT2D eigenvalue weighted by Crippen LogP contribution is -2.49. The van der Waals surface area contributed by atoms with E-state index >= 15 is 0 Å². The lowest BCUT2D eigenvalue weighted by molar-refractivity contribution is -0.143. The molecule has 6 heteroatoms. The minimum atomic E-state index is -0.853. The summed E-state index contributed by atoms with van der Waals surface area (Å²) in [5.41, 5.74) is 0. The molecule has 128 valence electrons. The summed E-state index contributed by atoms with van der Waals surface area (Å²) >= 11 is 0. The number of rotatable bonds is 8. The van der Waals surface area contributed by atoms with Gasteiger partial charge in [-0.1, -0.05) is 20.8 Å². The number of likely N-dealkylation sites (N-methyl/N-ethyl adjacent to an activating group) is 1. The summed E-state index contributed by atoms with van der Waals surface area (Å²) in [6.45, 7) is 8.68. The average Bonchev–Trinajstić information content (AvgIpc) is 2.36. The minimum Gasteiger partial charge on any atom is -0.480 e. The molecule has 0 aromatic rings. The van der Waals surface area contributed by atoms with E-state index in [-0.39, 0.29) is 18.6 Å². The Bertz CT molecular complexity index is 373. The van der Waals surface area contributed by atoms with Gasteiger partial charge in [-0.25, -0.2) is 0 Å². The predicted molar refractivity (Wildman–Crippen MR) is 84.7 cm³/mol. The van der Waals surface area contributed by atoms with Crippen LogP contribution in [0, 0.1) is 11.8 Å². The first kappa shape index (κ1) is 18.9. The molecule has 0 aliphatic carbocycles. The second-order valence-electron chi connectivity index (χ2n) is 6.86. The van der Waals surface area contributed by atoms with Crippen LogP contribution in [0.3, 0.4) is 0 Å². The molecule has 1 rings (SSSR count). The summed E-state index contributed by atoms with van der Waals surface area (Å²) in [5, 5.41) is 8.78. The van der Waals surface area contributed by atoms with Crippen molar-refractivity contribution in [2.75, 3.05) is 39.8 Å². The van der Waals surface area contributed by atoms with Crippen LogP contribution in [0.4, 0.5) is 0 Å². The molecule has 0 aromatic carbocycles. The van der Waals surface area contributed by atoms with Gasteiger partial charge in [0.05, 0.1) is 19.3 Å². The van der Waals surface area contributed by atoms with Crippen molar-refractivity contribution in [1.29, 1.82) is 0 Å². The lowest BCUT2D eigenvalue weighted by Gasteiger charge is -2.35. The molecule has 1 N–H and O–H groups in total. The molecule has 0 spiro atoms. The molecule has 1 saturated heterocycles. The SMILES string of the molecule is CC(C)C[C@@H](C)CC(=O)N1CCO[C@@H](CN(C)CC(=O)O)C1. The van der Waals surface area contributed by atoms with Crippen LogP contribution >= 0.6 is 0 Å². The quantitative estimate of drug-likeness (QED) is 0.731. The van der Waals surface area contributed by atoms with E-state index in [1.54, 1.807) is 11.9 Å². The van der Waals surface area contributed by atoms with Crippen molar-refractivity contribution < 1.29 is 19.4 Å². The molecule has 0 bridgehead atoms. The van der Waals surface area contributed by atoms with E-state index in [1.807, 2.05) is 4.90 Å². The highest BCUT2D eigenvalue weighted by molar-refractivity contribution is 5.76. The minimum absolute atomic E-state index is 0.0147. The number of carbonyl (C=O) groups is 2. The molecule has 2 atom stereocenters. The van der Waals surface area contributed by atoms with Crippen molar-refractivity contribution in [3.05, 3.63) is 0 Å². The summed E-state index contributed by atoms with van der Waals surface area (Å²) in [7, 11) is 1.75. The third-order valence-corrected chi connectivity index (χ3v) is 3.81. The first-order valence-corrected chi connectivity index (χ1v) is 8.07. The molecule has 0 aromatic heterocycles. The third kappa shape index (κ3) is 7.22. The number of aliphatic carboxylic acids is 1. The molecule has 22 heavy (non-hydrogen) atoms. The van der Waals surface area contributed by atoms with Gasteiger partial charge in [-0.3, -0.25) is 14.5 Å². The van der Waals surface area contributed by atoms with E-state index in [2.05, 4.69) is 20.8 Å².